The van der Waals surface area contributed by atoms with E-state index < -0.39 is 0 Å². The lowest BCUT2D eigenvalue weighted by molar-refractivity contribution is -0.122. The molecule has 1 amide bonds. The van der Waals surface area contributed by atoms with Crippen molar-refractivity contribution in [2.24, 2.45) is 11.7 Å². The van der Waals surface area contributed by atoms with Gasteiger partial charge in [0.25, 0.3) is 0 Å². The van der Waals surface area contributed by atoms with Crippen LogP contribution < -0.4 is 11.1 Å². The second kappa shape index (κ2) is 9.21. The number of carbonyl (C=O) groups excluding carboxylic acids is 1. The number of aromatic nitrogens is 2. The van der Waals surface area contributed by atoms with E-state index in [0.717, 1.165) is 25.8 Å². The number of nitrogens with zero attached hydrogens (tertiary/aromatic N) is 2. The van der Waals surface area contributed by atoms with Crippen LogP contribution in [0.4, 0.5) is 0 Å². The summed E-state index contributed by atoms with van der Waals surface area (Å²) in [6, 6.07) is 0.323. The molecule has 0 spiro atoms. The summed E-state index contributed by atoms with van der Waals surface area (Å²) in [7, 11) is 0. The Hall–Kier alpha value is -0.780. The number of nitrogens with one attached hydrogen (secondary N) is 1. The van der Waals surface area contributed by atoms with Gasteiger partial charge in [-0.2, -0.15) is 0 Å². The molecule has 0 saturated heterocycles. The molecule has 3 atom stereocenters. The lowest BCUT2D eigenvalue weighted by Gasteiger charge is -2.18. The lowest BCUT2D eigenvalue weighted by atomic mass is 10.00. The van der Waals surface area contributed by atoms with Crippen LogP contribution in [-0.4, -0.2) is 27.5 Å². The topological polar surface area (TPSA) is 72.9 Å². The Morgan fingerprint density at radius 2 is 2.25 bits per heavy atom. The van der Waals surface area contributed by atoms with Crippen LogP contribution in [0, 0.1) is 5.92 Å². The minimum absolute atomic E-state index is 0. The quantitative estimate of drug-likeness (QED) is 0.867. The van der Waals surface area contributed by atoms with Crippen LogP contribution in [0.1, 0.15) is 32.6 Å². The number of rotatable bonds is 5. The molecular formula is C13H24Cl2N4O. The number of carbonyl (C=O) groups is 1. The van der Waals surface area contributed by atoms with Crippen molar-refractivity contribution in [2.75, 3.05) is 0 Å². The van der Waals surface area contributed by atoms with Gasteiger partial charge >= 0.3 is 0 Å². The molecule has 1 aromatic rings. The molecule has 0 radical (unpaired) electrons. The molecule has 0 aliphatic heterocycles. The fraction of sp³-hybridized carbons (Fsp3) is 0.692. The van der Waals surface area contributed by atoms with Crippen molar-refractivity contribution in [1.82, 2.24) is 14.9 Å². The van der Waals surface area contributed by atoms with Crippen molar-refractivity contribution in [3.05, 3.63) is 18.7 Å². The van der Waals surface area contributed by atoms with E-state index in [4.69, 9.17) is 5.73 Å². The van der Waals surface area contributed by atoms with E-state index in [2.05, 4.69) is 10.3 Å². The summed E-state index contributed by atoms with van der Waals surface area (Å²) in [5.74, 6) is 0.482. The molecule has 1 unspecified atom stereocenters. The molecule has 7 heteroatoms. The first-order valence-electron chi connectivity index (χ1n) is 6.66. The van der Waals surface area contributed by atoms with Gasteiger partial charge in [0.1, 0.15) is 0 Å². The normalized spacial score (nSPS) is 22.5. The Morgan fingerprint density at radius 3 is 2.80 bits per heavy atom. The molecule has 0 aromatic carbocycles. The molecule has 0 bridgehead atoms. The maximum atomic E-state index is 11.9. The Labute approximate surface area is 132 Å². The highest BCUT2D eigenvalue weighted by Gasteiger charge is 2.26. The summed E-state index contributed by atoms with van der Waals surface area (Å²) < 4.78 is 1.96. The third kappa shape index (κ3) is 5.69. The van der Waals surface area contributed by atoms with Crippen LogP contribution in [0.5, 0.6) is 0 Å². The second-order valence-corrected chi connectivity index (χ2v) is 5.29. The molecule has 5 nitrogen and oxygen atoms in total. The van der Waals surface area contributed by atoms with Gasteiger partial charge in [-0.1, -0.05) is 6.42 Å². The van der Waals surface area contributed by atoms with Gasteiger partial charge in [0, 0.05) is 37.4 Å². The van der Waals surface area contributed by atoms with Crippen LogP contribution in [0.25, 0.3) is 0 Å². The van der Waals surface area contributed by atoms with Crippen LogP contribution in [0.2, 0.25) is 0 Å². The molecule has 1 aliphatic carbocycles. The number of hydrogen-bond donors (Lipinski definition) is 2. The van der Waals surface area contributed by atoms with E-state index in [9.17, 15) is 4.79 Å². The average molecular weight is 323 g/mol. The molecule has 3 N–H and O–H groups in total. The number of halogens is 2. The van der Waals surface area contributed by atoms with Gasteiger partial charge in [-0.15, -0.1) is 24.8 Å². The number of nitrogens with two attached hydrogens (primary N) is 1. The van der Waals surface area contributed by atoms with Crippen molar-refractivity contribution in [3.8, 4) is 0 Å². The first-order valence-corrected chi connectivity index (χ1v) is 6.66. The van der Waals surface area contributed by atoms with Crippen molar-refractivity contribution in [1.29, 1.82) is 0 Å². The highest BCUT2D eigenvalue weighted by Crippen LogP contribution is 2.26. The molecule has 1 heterocycles. The molecule has 1 aliphatic rings. The first-order chi connectivity index (χ1) is 8.65. The van der Waals surface area contributed by atoms with Crippen molar-refractivity contribution in [3.63, 3.8) is 0 Å². The van der Waals surface area contributed by atoms with Crippen molar-refractivity contribution < 1.29 is 4.79 Å². The summed E-state index contributed by atoms with van der Waals surface area (Å²) >= 11 is 0. The van der Waals surface area contributed by atoms with Gasteiger partial charge in [-0.05, 0) is 25.7 Å². The summed E-state index contributed by atoms with van der Waals surface area (Å²) in [5.41, 5.74) is 5.98. The number of amides is 1. The zero-order valence-electron chi connectivity index (χ0n) is 11.7. The Morgan fingerprint density at radius 1 is 1.50 bits per heavy atom. The number of hydrogen-bond acceptors (Lipinski definition) is 3. The van der Waals surface area contributed by atoms with Crippen LogP contribution >= 0.6 is 24.8 Å². The summed E-state index contributed by atoms with van der Waals surface area (Å²) in [6.07, 6.45) is 9.27. The predicted molar refractivity (Wildman–Crippen MR) is 84.3 cm³/mol. The standard InChI is InChI=1S/C13H22N4O.2ClH/c1-10(8-17-6-5-15-9-17)16-13(18)7-11-3-2-4-12(11)14;;/h5-6,9-12H,2-4,7-8,14H2,1H3,(H,16,18);2*1H/t10?,11-,12+;;/m0../s1. The zero-order valence-corrected chi connectivity index (χ0v) is 13.3. The summed E-state index contributed by atoms with van der Waals surface area (Å²) in [6.45, 7) is 2.76. The molecule has 1 saturated carbocycles. The third-order valence-corrected chi connectivity index (χ3v) is 3.62. The van der Waals surface area contributed by atoms with Gasteiger partial charge in [0.2, 0.25) is 5.91 Å². The maximum absolute atomic E-state index is 11.9. The van der Waals surface area contributed by atoms with Crippen LogP contribution in [0.3, 0.4) is 0 Å². The summed E-state index contributed by atoms with van der Waals surface area (Å²) in [5, 5.41) is 3.02. The number of imidazole rings is 1. The molecule has 1 fully saturated rings. The van der Waals surface area contributed by atoms with E-state index >= 15 is 0 Å². The van der Waals surface area contributed by atoms with Crippen molar-refractivity contribution in [2.45, 2.75) is 51.2 Å². The Balaban J connectivity index is 0.00000180. The fourth-order valence-electron chi connectivity index (χ4n) is 2.65. The van der Waals surface area contributed by atoms with Gasteiger partial charge in [-0.3, -0.25) is 4.79 Å². The van der Waals surface area contributed by atoms with Crippen LogP contribution in [0.15, 0.2) is 18.7 Å². The fourth-order valence-corrected chi connectivity index (χ4v) is 2.65. The molecule has 20 heavy (non-hydrogen) atoms. The van der Waals surface area contributed by atoms with Gasteiger partial charge in [0.05, 0.1) is 6.33 Å². The molecule has 2 rings (SSSR count). The molecular weight excluding hydrogens is 299 g/mol. The average Bonchev–Trinajstić information content (AvgIpc) is 2.91. The zero-order chi connectivity index (χ0) is 13.0. The van der Waals surface area contributed by atoms with Crippen LogP contribution in [-0.2, 0) is 11.3 Å². The van der Waals surface area contributed by atoms with E-state index in [1.165, 1.54) is 0 Å². The highest BCUT2D eigenvalue weighted by atomic mass is 35.5. The lowest BCUT2D eigenvalue weighted by Crippen LogP contribution is -2.38. The van der Waals surface area contributed by atoms with Gasteiger partial charge < -0.3 is 15.6 Å². The third-order valence-electron chi connectivity index (χ3n) is 3.62. The van der Waals surface area contributed by atoms with Gasteiger partial charge in [0.15, 0.2) is 0 Å². The Kier molecular flexibility index (Phi) is 8.85. The minimum atomic E-state index is 0. The van der Waals surface area contributed by atoms with Crippen molar-refractivity contribution >= 4 is 30.7 Å². The smallest absolute Gasteiger partial charge is 0.220 e. The van der Waals surface area contributed by atoms with E-state index in [-0.39, 0.29) is 42.8 Å². The maximum Gasteiger partial charge on any atom is 0.220 e. The SMILES string of the molecule is CC(Cn1ccnc1)NC(=O)C[C@@H]1CCC[C@H]1N.Cl.Cl. The van der Waals surface area contributed by atoms with E-state index in [1.807, 2.05) is 17.7 Å². The molecule has 1 aromatic heterocycles. The monoisotopic (exact) mass is 322 g/mol. The molecule has 116 valence electrons. The summed E-state index contributed by atoms with van der Waals surface area (Å²) in [4.78, 5) is 15.9. The van der Waals surface area contributed by atoms with E-state index in [0.29, 0.717) is 12.3 Å². The largest absolute Gasteiger partial charge is 0.352 e. The first kappa shape index (κ1) is 19.2. The second-order valence-electron chi connectivity index (χ2n) is 5.29. The van der Waals surface area contributed by atoms with Gasteiger partial charge in [-0.25, -0.2) is 4.98 Å². The Bertz CT molecular complexity index is 386. The van der Waals surface area contributed by atoms with E-state index in [1.54, 1.807) is 12.5 Å². The predicted octanol–water partition coefficient (Wildman–Crippen LogP) is 1.75. The minimum Gasteiger partial charge on any atom is -0.352 e. The highest BCUT2D eigenvalue weighted by molar-refractivity contribution is 5.85.